The van der Waals surface area contributed by atoms with Crippen LogP contribution in [0.25, 0.3) is 10.8 Å². The molecular formula is C18H21Br. The number of halogens is 1. The Morgan fingerprint density at radius 3 is 2.63 bits per heavy atom. The number of benzene rings is 2. The van der Waals surface area contributed by atoms with E-state index in [2.05, 4.69) is 59.3 Å². The van der Waals surface area contributed by atoms with Gasteiger partial charge in [0, 0.05) is 4.83 Å². The first-order valence-electron chi connectivity index (χ1n) is 7.38. The van der Waals surface area contributed by atoms with E-state index in [1.165, 1.54) is 54.0 Å². The smallest absolute Gasteiger partial charge is 0.0406 e. The van der Waals surface area contributed by atoms with Gasteiger partial charge in [0.2, 0.25) is 0 Å². The maximum absolute atomic E-state index is 3.97. The lowest BCUT2D eigenvalue weighted by Crippen LogP contribution is -2.02. The van der Waals surface area contributed by atoms with Crippen molar-refractivity contribution in [1.29, 1.82) is 0 Å². The van der Waals surface area contributed by atoms with Crippen LogP contribution in [0.1, 0.15) is 48.1 Å². The van der Waals surface area contributed by atoms with Crippen LogP contribution in [0.2, 0.25) is 0 Å². The molecule has 100 valence electrons. The predicted octanol–water partition coefficient (Wildman–Crippen LogP) is 6.16. The standard InChI is InChI=1S/C18H21Br/c1-13-10-11-15-8-4-5-9-16(15)18(13)17(19)12-14-6-2-3-7-14/h4-5,8-11,14,17H,2-3,6-7,12H2,1H3. The summed E-state index contributed by atoms with van der Waals surface area (Å²) in [6.45, 7) is 2.24. The summed E-state index contributed by atoms with van der Waals surface area (Å²) in [5.74, 6) is 0.919. The minimum atomic E-state index is 0.502. The molecule has 1 saturated carbocycles. The molecule has 0 radical (unpaired) electrons. The van der Waals surface area contributed by atoms with Crippen molar-refractivity contribution in [3.05, 3.63) is 47.5 Å². The van der Waals surface area contributed by atoms with Gasteiger partial charge in [-0.3, -0.25) is 0 Å². The number of hydrogen-bond donors (Lipinski definition) is 0. The third-order valence-electron chi connectivity index (χ3n) is 4.52. The highest BCUT2D eigenvalue weighted by molar-refractivity contribution is 9.09. The molecule has 19 heavy (non-hydrogen) atoms. The van der Waals surface area contributed by atoms with E-state index < -0.39 is 0 Å². The molecule has 0 bridgehead atoms. The van der Waals surface area contributed by atoms with Gasteiger partial charge in [-0.25, -0.2) is 0 Å². The zero-order valence-corrected chi connectivity index (χ0v) is 13.1. The van der Waals surface area contributed by atoms with E-state index in [0.29, 0.717) is 4.83 Å². The molecule has 0 saturated heterocycles. The second-order valence-electron chi connectivity index (χ2n) is 5.87. The van der Waals surface area contributed by atoms with Gasteiger partial charge < -0.3 is 0 Å². The quantitative estimate of drug-likeness (QED) is 0.594. The predicted molar refractivity (Wildman–Crippen MR) is 86.9 cm³/mol. The zero-order chi connectivity index (χ0) is 13.2. The van der Waals surface area contributed by atoms with Gasteiger partial charge in [0.15, 0.2) is 0 Å². The van der Waals surface area contributed by atoms with Gasteiger partial charge in [-0.15, -0.1) is 0 Å². The zero-order valence-electron chi connectivity index (χ0n) is 11.5. The molecule has 2 aromatic carbocycles. The summed E-state index contributed by atoms with van der Waals surface area (Å²) in [6.07, 6.45) is 6.99. The van der Waals surface area contributed by atoms with Gasteiger partial charge in [-0.05, 0) is 41.2 Å². The van der Waals surface area contributed by atoms with Crippen molar-refractivity contribution in [1.82, 2.24) is 0 Å². The highest BCUT2D eigenvalue weighted by atomic mass is 79.9. The van der Waals surface area contributed by atoms with E-state index in [4.69, 9.17) is 0 Å². The second-order valence-corrected chi connectivity index (χ2v) is 6.98. The summed E-state index contributed by atoms with van der Waals surface area (Å²) < 4.78 is 0. The number of hydrogen-bond acceptors (Lipinski definition) is 0. The molecule has 0 amide bonds. The van der Waals surface area contributed by atoms with Crippen molar-refractivity contribution in [3.63, 3.8) is 0 Å². The Labute approximate surface area is 124 Å². The van der Waals surface area contributed by atoms with Crippen molar-refractivity contribution in [2.24, 2.45) is 5.92 Å². The van der Waals surface area contributed by atoms with E-state index in [1.807, 2.05) is 0 Å². The molecule has 1 unspecified atom stereocenters. The molecule has 3 rings (SSSR count). The molecule has 1 fully saturated rings. The maximum Gasteiger partial charge on any atom is 0.0406 e. The van der Waals surface area contributed by atoms with Crippen LogP contribution in [-0.2, 0) is 0 Å². The summed E-state index contributed by atoms with van der Waals surface area (Å²) in [7, 11) is 0. The Hall–Kier alpha value is -0.820. The van der Waals surface area contributed by atoms with Crippen LogP contribution < -0.4 is 0 Å². The first-order valence-corrected chi connectivity index (χ1v) is 8.29. The number of fused-ring (bicyclic) bond motifs is 1. The summed E-state index contributed by atoms with van der Waals surface area (Å²) >= 11 is 3.97. The van der Waals surface area contributed by atoms with Crippen LogP contribution in [0.3, 0.4) is 0 Å². The summed E-state index contributed by atoms with van der Waals surface area (Å²) in [4.78, 5) is 0.502. The third kappa shape index (κ3) is 2.72. The lowest BCUT2D eigenvalue weighted by molar-refractivity contribution is 0.502. The molecule has 0 spiro atoms. The van der Waals surface area contributed by atoms with Gasteiger partial charge >= 0.3 is 0 Å². The van der Waals surface area contributed by atoms with Gasteiger partial charge in [-0.1, -0.05) is 78.0 Å². The Balaban J connectivity index is 1.95. The van der Waals surface area contributed by atoms with Crippen molar-refractivity contribution < 1.29 is 0 Å². The summed E-state index contributed by atoms with van der Waals surface area (Å²) in [5, 5.41) is 2.78. The molecule has 1 aliphatic rings. The third-order valence-corrected chi connectivity index (χ3v) is 5.35. The van der Waals surface area contributed by atoms with Crippen LogP contribution >= 0.6 is 15.9 Å². The van der Waals surface area contributed by atoms with Gasteiger partial charge in [-0.2, -0.15) is 0 Å². The Morgan fingerprint density at radius 2 is 1.84 bits per heavy atom. The van der Waals surface area contributed by atoms with Gasteiger partial charge in [0.25, 0.3) is 0 Å². The van der Waals surface area contributed by atoms with Crippen LogP contribution in [0.5, 0.6) is 0 Å². The first kappa shape index (κ1) is 13.2. The fraction of sp³-hybridized carbons (Fsp3) is 0.444. The van der Waals surface area contributed by atoms with Crippen LogP contribution in [0.15, 0.2) is 36.4 Å². The summed E-state index contributed by atoms with van der Waals surface area (Å²) in [5.41, 5.74) is 2.92. The fourth-order valence-corrected chi connectivity index (χ4v) is 4.61. The number of alkyl halides is 1. The largest absolute Gasteiger partial charge is 0.0838 e. The normalized spacial score (nSPS) is 18.0. The minimum Gasteiger partial charge on any atom is -0.0838 e. The highest BCUT2D eigenvalue weighted by Crippen LogP contribution is 2.40. The monoisotopic (exact) mass is 316 g/mol. The van der Waals surface area contributed by atoms with Crippen LogP contribution in [0, 0.1) is 12.8 Å². The molecule has 1 atom stereocenters. The lowest BCUT2D eigenvalue weighted by Gasteiger charge is -2.19. The first-order chi connectivity index (χ1) is 9.25. The lowest BCUT2D eigenvalue weighted by atomic mass is 9.92. The van der Waals surface area contributed by atoms with Crippen molar-refractivity contribution in [2.75, 3.05) is 0 Å². The molecule has 1 aliphatic carbocycles. The molecule has 1 heteroatoms. The fourth-order valence-electron chi connectivity index (χ4n) is 3.48. The minimum absolute atomic E-state index is 0.502. The van der Waals surface area contributed by atoms with Crippen molar-refractivity contribution in [3.8, 4) is 0 Å². The van der Waals surface area contributed by atoms with Gasteiger partial charge in [0.05, 0.1) is 0 Å². The van der Waals surface area contributed by atoms with Gasteiger partial charge in [0.1, 0.15) is 0 Å². The average Bonchev–Trinajstić information content (AvgIpc) is 2.91. The molecule has 0 aliphatic heterocycles. The Morgan fingerprint density at radius 1 is 1.11 bits per heavy atom. The van der Waals surface area contributed by atoms with Crippen molar-refractivity contribution in [2.45, 2.75) is 43.9 Å². The molecular weight excluding hydrogens is 296 g/mol. The maximum atomic E-state index is 3.97. The van der Waals surface area contributed by atoms with E-state index in [9.17, 15) is 0 Å². The molecule has 0 N–H and O–H groups in total. The van der Waals surface area contributed by atoms with Crippen LogP contribution in [-0.4, -0.2) is 0 Å². The topological polar surface area (TPSA) is 0 Å². The SMILES string of the molecule is Cc1ccc2ccccc2c1C(Br)CC1CCCC1. The number of aryl methyl sites for hydroxylation is 1. The molecule has 0 heterocycles. The van der Waals surface area contributed by atoms with Crippen LogP contribution in [0.4, 0.5) is 0 Å². The van der Waals surface area contributed by atoms with E-state index in [0.717, 1.165) is 5.92 Å². The van der Waals surface area contributed by atoms with Crippen molar-refractivity contribution >= 4 is 26.7 Å². The van der Waals surface area contributed by atoms with E-state index in [1.54, 1.807) is 0 Å². The molecule has 0 aromatic heterocycles. The number of rotatable bonds is 3. The Kier molecular flexibility index (Phi) is 3.93. The Bertz CT molecular complexity index is 567. The van der Waals surface area contributed by atoms with E-state index in [-0.39, 0.29) is 0 Å². The summed E-state index contributed by atoms with van der Waals surface area (Å²) in [6, 6.07) is 13.3. The molecule has 0 nitrogen and oxygen atoms in total. The van der Waals surface area contributed by atoms with E-state index >= 15 is 0 Å². The highest BCUT2D eigenvalue weighted by Gasteiger charge is 2.21. The molecule has 2 aromatic rings. The second kappa shape index (κ2) is 5.66. The average molecular weight is 317 g/mol.